The van der Waals surface area contributed by atoms with Crippen LogP contribution in [-0.2, 0) is 7.05 Å². The van der Waals surface area contributed by atoms with Crippen LogP contribution in [0.15, 0.2) is 36.5 Å². The highest BCUT2D eigenvalue weighted by atomic mass is 19.1. The molecule has 1 saturated heterocycles. The van der Waals surface area contributed by atoms with E-state index in [9.17, 15) is 14.3 Å². The molecule has 5 heteroatoms. The summed E-state index contributed by atoms with van der Waals surface area (Å²) in [6.45, 7) is 3.21. The van der Waals surface area contributed by atoms with Crippen molar-refractivity contribution in [3.63, 3.8) is 0 Å². The van der Waals surface area contributed by atoms with Gasteiger partial charge in [0.1, 0.15) is 11.5 Å². The monoisotopic (exact) mass is 330 g/mol. The van der Waals surface area contributed by atoms with Gasteiger partial charge in [-0.2, -0.15) is 0 Å². The second kappa shape index (κ2) is 6.77. The molecule has 1 fully saturated rings. The van der Waals surface area contributed by atoms with Crippen molar-refractivity contribution in [3.05, 3.63) is 59.2 Å². The van der Waals surface area contributed by atoms with Crippen molar-refractivity contribution >= 4 is 5.91 Å². The predicted octanol–water partition coefficient (Wildman–Crippen LogP) is 3.06. The van der Waals surface area contributed by atoms with Gasteiger partial charge in [-0.25, -0.2) is 4.39 Å². The third-order valence-electron chi connectivity index (χ3n) is 4.96. The second-order valence-corrected chi connectivity index (χ2v) is 6.58. The molecule has 1 amide bonds. The van der Waals surface area contributed by atoms with Gasteiger partial charge in [0.2, 0.25) is 0 Å². The zero-order valence-electron chi connectivity index (χ0n) is 14.1. The lowest BCUT2D eigenvalue weighted by molar-refractivity contribution is 0.0455. The van der Waals surface area contributed by atoms with Crippen LogP contribution in [0.4, 0.5) is 4.39 Å². The second-order valence-electron chi connectivity index (χ2n) is 6.58. The first kappa shape index (κ1) is 16.7. The fourth-order valence-electron chi connectivity index (χ4n) is 3.47. The van der Waals surface area contributed by atoms with Gasteiger partial charge in [-0.1, -0.05) is 12.1 Å². The largest absolute Gasteiger partial charge is 0.388 e. The number of likely N-dealkylation sites (tertiary alicyclic amines) is 1. The van der Waals surface area contributed by atoms with Crippen molar-refractivity contribution in [3.8, 4) is 0 Å². The van der Waals surface area contributed by atoms with Crippen LogP contribution >= 0.6 is 0 Å². The molecule has 0 spiro atoms. The smallest absolute Gasteiger partial charge is 0.270 e. The number of benzene rings is 1. The lowest BCUT2D eigenvalue weighted by atomic mass is 9.87. The summed E-state index contributed by atoms with van der Waals surface area (Å²) in [7, 11) is 1.88. The first-order valence-corrected chi connectivity index (χ1v) is 8.32. The van der Waals surface area contributed by atoms with Gasteiger partial charge in [0, 0.05) is 26.3 Å². The van der Waals surface area contributed by atoms with Gasteiger partial charge >= 0.3 is 0 Å². The van der Waals surface area contributed by atoms with Crippen LogP contribution in [0.5, 0.6) is 0 Å². The first-order chi connectivity index (χ1) is 11.5. The minimum absolute atomic E-state index is 0.0507. The molecule has 0 saturated carbocycles. The Balaban J connectivity index is 1.63. The lowest BCUT2D eigenvalue weighted by Gasteiger charge is -2.34. The molecular formula is C19H23FN2O2. The van der Waals surface area contributed by atoms with Crippen LogP contribution in [0, 0.1) is 18.7 Å². The number of aromatic nitrogens is 1. The summed E-state index contributed by atoms with van der Waals surface area (Å²) in [6, 6.07) is 7.94. The fraction of sp³-hybridized carbons (Fsp3) is 0.421. The third-order valence-corrected chi connectivity index (χ3v) is 4.96. The Kier molecular flexibility index (Phi) is 4.71. The summed E-state index contributed by atoms with van der Waals surface area (Å²) in [5.41, 5.74) is 2.45. The third kappa shape index (κ3) is 3.22. The van der Waals surface area contributed by atoms with Gasteiger partial charge < -0.3 is 14.6 Å². The molecule has 0 bridgehead atoms. The van der Waals surface area contributed by atoms with E-state index in [-0.39, 0.29) is 17.6 Å². The Morgan fingerprint density at radius 1 is 1.21 bits per heavy atom. The molecule has 2 aromatic rings. The van der Waals surface area contributed by atoms with Crippen molar-refractivity contribution in [1.82, 2.24) is 9.47 Å². The van der Waals surface area contributed by atoms with Crippen molar-refractivity contribution in [1.29, 1.82) is 0 Å². The van der Waals surface area contributed by atoms with E-state index >= 15 is 0 Å². The van der Waals surface area contributed by atoms with E-state index in [0.717, 1.165) is 29.7 Å². The molecule has 128 valence electrons. The van der Waals surface area contributed by atoms with Crippen molar-refractivity contribution < 1.29 is 14.3 Å². The highest BCUT2D eigenvalue weighted by Gasteiger charge is 2.29. The van der Waals surface area contributed by atoms with E-state index in [0.29, 0.717) is 13.1 Å². The number of aliphatic hydroxyl groups is 1. The van der Waals surface area contributed by atoms with Gasteiger partial charge in [0.25, 0.3) is 5.91 Å². The lowest BCUT2D eigenvalue weighted by Crippen LogP contribution is -2.40. The summed E-state index contributed by atoms with van der Waals surface area (Å²) < 4.78 is 14.9. The minimum Gasteiger partial charge on any atom is -0.388 e. The Labute approximate surface area is 141 Å². The van der Waals surface area contributed by atoms with Gasteiger partial charge in [-0.05, 0) is 55.0 Å². The van der Waals surface area contributed by atoms with Crippen molar-refractivity contribution in [2.75, 3.05) is 13.1 Å². The fourth-order valence-corrected chi connectivity index (χ4v) is 3.47. The van der Waals surface area contributed by atoms with Crippen LogP contribution in [0.25, 0.3) is 0 Å². The minimum atomic E-state index is -0.611. The first-order valence-electron chi connectivity index (χ1n) is 8.32. The standard InChI is InChI=1S/C19H23FN2O2/c1-13-7-10-21(2)17(13)19(24)22-11-8-15(9-12-22)18(23)14-3-5-16(20)6-4-14/h3-7,10,15,18,23H,8-9,11-12H2,1-2H3. The summed E-state index contributed by atoms with van der Waals surface area (Å²) >= 11 is 0. The number of hydrogen-bond acceptors (Lipinski definition) is 2. The van der Waals surface area contributed by atoms with Gasteiger partial charge in [0.15, 0.2) is 0 Å². The number of hydrogen-bond donors (Lipinski definition) is 1. The van der Waals surface area contributed by atoms with E-state index < -0.39 is 6.10 Å². The topological polar surface area (TPSA) is 45.5 Å². The number of aryl methyl sites for hydroxylation is 2. The Morgan fingerprint density at radius 2 is 1.83 bits per heavy atom. The number of piperidine rings is 1. The van der Waals surface area contributed by atoms with Crippen LogP contribution in [0.3, 0.4) is 0 Å². The summed E-state index contributed by atoms with van der Waals surface area (Å²) in [6.07, 6.45) is 2.77. The van der Waals surface area contributed by atoms with Gasteiger partial charge in [0.05, 0.1) is 6.10 Å². The molecule has 1 atom stereocenters. The summed E-state index contributed by atoms with van der Waals surface area (Å²) in [5.74, 6) is -0.159. The number of carbonyl (C=O) groups excluding carboxylic acids is 1. The quantitative estimate of drug-likeness (QED) is 0.940. The maximum Gasteiger partial charge on any atom is 0.270 e. The molecule has 1 aromatic heterocycles. The Hall–Kier alpha value is -2.14. The molecule has 0 radical (unpaired) electrons. The maximum absolute atomic E-state index is 13.0. The van der Waals surface area contributed by atoms with E-state index in [1.165, 1.54) is 12.1 Å². The molecule has 4 nitrogen and oxygen atoms in total. The number of halogens is 1. The predicted molar refractivity (Wildman–Crippen MR) is 90.1 cm³/mol. The average Bonchev–Trinajstić information content (AvgIpc) is 2.93. The normalized spacial score (nSPS) is 17.1. The molecular weight excluding hydrogens is 307 g/mol. The van der Waals surface area contributed by atoms with Crippen molar-refractivity contribution in [2.24, 2.45) is 13.0 Å². The molecule has 2 heterocycles. The molecule has 1 unspecified atom stereocenters. The maximum atomic E-state index is 13.0. The van der Waals surface area contributed by atoms with E-state index in [2.05, 4.69) is 0 Å². The number of aliphatic hydroxyl groups excluding tert-OH is 1. The molecule has 1 N–H and O–H groups in total. The summed E-state index contributed by atoms with van der Waals surface area (Å²) in [4.78, 5) is 14.5. The number of rotatable bonds is 3. The summed E-state index contributed by atoms with van der Waals surface area (Å²) in [5, 5.41) is 10.5. The van der Waals surface area contributed by atoms with Crippen LogP contribution in [-0.4, -0.2) is 33.6 Å². The highest BCUT2D eigenvalue weighted by molar-refractivity contribution is 5.94. The van der Waals surface area contributed by atoms with Crippen LogP contribution < -0.4 is 0 Å². The molecule has 1 aliphatic heterocycles. The average molecular weight is 330 g/mol. The number of carbonyl (C=O) groups is 1. The van der Waals surface area contributed by atoms with Gasteiger partial charge in [-0.3, -0.25) is 4.79 Å². The molecule has 3 rings (SSSR count). The molecule has 1 aromatic carbocycles. The Bertz CT molecular complexity index is 696. The number of nitrogens with zero attached hydrogens (tertiary/aromatic N) is 2. The van der Waals surface area contributed by atoms with E-state index in [4.69, 9.17) is 0 Å². The highest BCUT2D eigenvalue weighted by Crippen LogP contribution is 2.31. The SMILES string of the molecule is Cc1ccn(C)c1C(=O)N1CCC(C(O)c2ccc(F)cc2)CC1. The van der Waals surface area contributed by atoms with Crippen molar-refractivity contribution in [2.45, 2.75) is 25.9 Å². The zero-order valence-corrected chi connectivity index (χ0v) is 14.1. The van der Waals surface area contributed by atoms with E-state index in [1.807, 2.05) is 35.7 Å². The van der Waals surface area contributed by atoms with Gasteiger partial charge in [-0.15, -0.1) is 0 Å². The molecule has 0 aliphatic carbocycles. The zero-order chi connectivity index (χ0) is 17.3. The molecule has 1 aliphatic rings. The Morgan fingerprint density at radius 3 is 2.38 bits per heavy atom. The number of amides is 1. The van der Waals surface area contributed by atoms with Crippen LogP contribution in [0.2, 0.25) is 0 Å². The van der Waals surface area contributed by atoms with Crippen LogP contribution in [0.1, 0.15) is 40.6 Å². The molecule has 24 heavy (non-hydrogen) atoms. The van der Waals surface area contributed by atoms with E-state index in [1.54, 1.807) is 12.1 Å².